The molecule has 2 heterocycles. The van der Waals surface area contributed by atoms with Crippen LogP contribution in [0.5, 0.6) is 11.5 Å². The van der Waals surface area contributed by atoms with Gasteiger partial charge in [-0.25, -0.2) is 4.98 Å². The minimum absolute atomic E-state index is 0.262. The molecule has 0 radical (unpaired) electrons. The van der Waals surface area contributed by atoms with Crippen LogP contribution in [0.1, 0.15) is 51.0 Å². The molecule has 0 aliphatic heterocycles. The predicted molar refractivity (Wildman–Crippen MR) is 133 cm³/mol. The number of hydrogen-bond donors (Lipinski definition) is 1. The van der Waals surface area contributed by atoms with E-state index in [4.69, 9.17) is 9.47 Å². The van der Waals surface area contributed by atoms with Gasteiger partial charge in [-0.2, -0.15) is 9.78 Å². The van der Waals surface area contributed by atoms with Crippen molar-refractivity contribution in [1.82, 2.24) is 14.6 Å². The maximum atomic E-state index is 12.9. The van der Waals surface area contributed by atoms with Crippen LogP contribution < -0.4 is 15.0 Å². The lowest BCUT2D eigenvalue weighted by molar-refractivity contribution is 0.304. The second-order valence-corrected chi connectivity index (χ2v) is 8.09. The highest BCUT2D eigenvalue weighted by Crippen LogP contribution is 2.25. The van der Waals surface area contributed by atoms with E-state index in [1.54, 1.807) is 13.3 Å². The number of rotatable bonds is 11. The van der Waals surface area contributed by atoms with Gasteiger partial charge in [0.05, 0.1) is 25.4 Å². The summed E-state index contributed by atoms with van der Waals surface area (Å²) in [5.74, 6) is 1.52. The minimum atomic E-state index is -0.262. The fourth-order valence-corrected chi connectivity index (χ4v) is 3.83. The molecular weight excluding hydrogens is 416 g/mol. The van der Waals surface area contributed by atoms with E-state index in [2.05, 4.69) is 22.0 Å². The molecular formula is C26H30N4O3. The number of aromatic nitrogens is 3. The molecule has 0 atom stereocenters. The number of unbranched alkanes of at least 4 members (excludes halogenated alkanes) is 5. The van der Waals surface area contributed by atoms with E-state index in [1.165, 1.54) is 43.1 Å². The molecule has 0 aliphatic carbocycles. The van der Waals surface area contributed by atoms with Crippen molar-refractivity contribution in [2.24, 2.45) is 5.10 Å². The molecule has 33 heavy (non-hydrogen) atoms. The van der Waals surface area contributed by atoms with Crippen LogP contribution in [-0.2, 0) is 0 Å². The number of nitrogens with zero attached hydrogens (tertiary/aromatic N) is 3. The van der Waals surface area contributed by atoms with Crippen molar-refractivity contribution in [3.05, 3.63) is 64.7 Å². The van der Waals surface area contributed by atoms with Crippen LogP contribution >= 0.6 is 0 Å². The van der Waals surface area contributed by atoms with Crippen molar-refractivity contribution in [3.63, 3.8) is 0 Å². The highest BCUT2D eigenvalue weighted by Gasteiger charge is 2.11. The Hall–Kier alpha value is -3.61. The molecule has 0 amide bonds. The van der Waals surface area contributed by atoms with Gasteiger partial charge >= 0.3 is 0 Å². The van der Waals surface area contributed by atoms with Crippen LogP contribution in [0.3, 0.4) is 0 Å². The van der Waals surface area contributed by atoms with Gasteiger partial charge in [0.25, 0.3) is 5.56 Å². The molecule has 7 nitrogen and oxygen atoms in total. The summed E-state index contributed by atoms with van der Waals surface area (Å²) >= 11 is 0. The van der Waals surface area contributed by atoms with Gasteiger partial charge in [0.15, 0.2) is 0 Å². The molecule has 172 valence electrons. The van der Waals surface area contributed by atoms with Crippen molar-refractivity contribution in [2.75, 3.05) is 13.7 Å². The first-order valence-electron chi connectivity index (χ1n) is 11.5. The Morgan fingerprint density at radius 3 is 2.76 bits per heavy atom. The maximum Gasteiger partial charge on any atom is 0.298 e. The number of H-pyrrole nitrogens is 1. The van der Waals surface area contributed by atoms with E-state index in [1.807, 2.05) is 42.5 Å². The number of fused-ring (bicyclic) bond motifs is 3. The Morgan fingerprint density at radius 1 is 1.06 bits per heavy atom. The summed E-state index contributed by atoms with van der Waals surface area (Å²) in [6, 6.07) is 13.3. The van der Waals surface area contributed by atoms with Gasteiger partial charge in [0, 0.05) is 11.5 Å². The fraction of sp³-hybridized carbons (Fsp3) is 0.346. The number of aromatic amines is 1. The average Bonchev–Trinajstić information content (AvgIpc) is 3.22. The van der Waals surface area contributed by atoms with E-state index in [-0.39, 0.29) is 5.56 Å². The van der Waals surface area contributed by atoms with Crippen LogP contribution in [0.4, 0.5) is 0 Å². The molecule has 0 aliphatic rings. The van der Waals surface area contributed by atoms with Crippen molar-refractivity contribution in [2.45, 2.75) is 45.4 Å². The lowest BCUT2D eigenvalue weighted by atomic mass is 10.1. The third-order valence-corrected chi connectivity index (χ3v) is 5.65. The molecule has 2 aromatic heterocycles. The molecule has 0 saturated carbocycles. The van der Waals surface area contributed by atoms with Crippen molar-refractivity contribution < 1.29 is 9.47 Å². The summed E-state index contributed by atoms with van der Waals surface area (Å²) < 4.78 is 12.4. The molecule has 7 heteroatoms. The van der Waals surface area contributed by atoms with Crippen molar-refractivity contribution in [1.29, 1.82) is 0 Å². The largest absolute Gasteiger partial charge is 0.497 e. The molecule has 4 aromatic rings. The molecule has 4 rings (SSSR count). The first kappa shape index (κ1) is 22.6. The second kappa shape index (κ2) is 10.8. The first-order valence-corrected chi connectivity index (χ1v) is 11.5. The minimum Gasteiger partial charge on any atom is -0.497 e. The number of methoxy groups -OCH3 is 1. The highest BCUT2D eigenvalue weighted by molar-refractivity contribution is 6.04. The molecule has 0 bridgehead atoms. The zero-order chi connectivity index (χ0) is 23.0. The molecule has 0 fully saturated rings. The summed E-state index contributed by atoms with van der Waals surface area (Å²) in [7, 11) is 1.61. The Morgan fingerprint density at radius 2 is 1.91 bits per heavy atom. The third kappa shape index (κ3) is 5.42. The summed E-state index contributed by atoms with van der Waals surface area (Å²) in [6.45, 7) is 2.93. The monoisotopic (exact) mass is 446 g/mol. The number of nitrogens with one attached hydrogen (secondary N) is 1. The zero-order valence-corrected chi connectivity index (χ0v) is 19.2. The molecule has 0 saturated heterocycles. The van der Waals surface area contributed by atoms with E-state index >= 15 is 0 Å². The van der Waals surface area contributed by atoms with Crippen LogP contribution in [0.25, 0.3) is 21.9 Å². The van der Waals surface area contributed by atoms with Gasteiger partial charge in [-0.05, 0) is 36.2 Å². The van der Waals surface area contributed by atoms with Gasteiger partial charge in [-0.3, -0.25) is 4.79 Å². The zero-order valence-electron chi connectivity index (χ0n) is 19.2. The highest BCUT2D eigenvalue weighted by atomic mass is 16.5. The SMILES string of the molecule is CCCCCCCCOc1cccc(C=Nn2cnc3c([nH]c4cc(OC)ccc43)c2=O)c1. The normalized spacial score (nSPS) is 11.6. The topological polar surface area (TPSA) is 81.5 Å². The van der Waals surface area contributed by atoms with E-state index in [9.17, 15) is 4.79 Å². The van der Waals surface area contributed by atoms with Crippen LogP contribution in [0, 0.1) is 0 Å². The average molecular weight is 447 g/mol. The fourth-order valence-electron chi connectivity index (χ4n) is 3.83. The van der Waals surface area contributed by atoms with Crippen LogP contribution in [0.15, 0.2) is 58.7 Å². The molecule has 2 aromatic carbocycles. The lowest BCUT2D eigenvalue weighted by Gasteiger charge is -2.06. The predicted octanol–water partition coefficient (Wildman–Crippen LogP) is 5.51. The van der Waals surface area contributed by atoms with E-state index < -0.39 is 0 Å². The second-order valence-electron chi connectivity index (χ2n) is 8.09. The Labute approximate surface area is 193 Å². The Balaban J connectivity index is 1.44. The van der Waals surface area contributed by atoms with E-state index in [0.29, 0.717) is 23.4 Å². The number of benzene rings is 2. The molecule has 0 spiro atoms. The van der Waals surface area contributed by atoms with Crippen molar-refractivity contribution >= 4 is 28.2 Å². The first-order chi connectivity index (χ1) is 16.2. The molecule has 0 unspecified atom stereocenters. The van der Waals surface area contributed by atoms with E-state index in [0.717, 1.165) is 28.6 Å². The van der Waals surface area contributed by atoms with Crippen LogP contribution in [-0.4, -0.2) is 34.6 Å². The summed E-state index contributed by atoms with van der Waals surface area (Å²) in [4.78, 5) is 20.5. The van der Waals surface area contributed by atoms with Gasteiger partial charge in [0.2, 0.25) is 0 Å². The standard InChI is InChI=1S/C26H30N4O3/c1-3-4-5-6-7-8-14-33-21-11-9-10-19(15-21)17-28-30-18-27-24-22-13-12-20(32-2)16-23(22)29-25(24)26(30)31/h9-13,15-18,29H,3-8,14H2,1-2H3. The lowest BCUT2D eigenvalue weighted by Crippen LogP contribution is -2.17. The third-order valence-electron chi connectivity index (χ3n) is 5.65. The summed E-state index contributed by atoms with van der Waals surface area (Å²) in [5, 5.41) is 5.20. The van der Waals surface area contributed by atoms with Gasteiger partial charge in [-0.1, -0.05) is 51.2 Å². The number of ether oxygens (including phenoxy) is 2. The number of hydrogen-bond acceptors (Lipinski definition) is 5. The van der Waals surface area contributed by atoms with Gasteiger partial charge in [-0.15, -0.1) is 0 Å². The smallest absolute Gasteiger partial charge is 0.298 e. The van der Waals surface area contributed by atoms with Crippen molar-refractivity contribution in [3.8, 4) is 11.5 Å². The maximum absolute atomic E-state index is 12.9. The quantitative estimate of drug-likeness (QED) is 0.243. The Bertz CT molecular complexity index is 1310. The Kier molecular flexibility index (Phi) is 7.40. The van der Waals surface area contributed by atoms with Gasteiger partial charge in [0.1, 0.15) is 28.9 Å². The summed E-state index contributed by atoms with van der Waals surface area (Å²) in [5.41, 5.74) is 2.42. The van der Waals surface area contributed by atoms with Gasteiger partial charge < -0.3 is 14.5 Å². The van der Waals surface area contributed by atoms with Crippen LogP contribution in [0.2, 0.25) is 0 Å². The summed E-state index contributed by atoms with van der Waals surface area (Å²) in [6.07, 6.45) is 10.5. The molecule has 1 N–H and O–H groups in total.